The summed E-state index contributed by atoms with van der Waals surface area (Å²) in [5.41, 5.74) is 3.01. The van der Waals surface area contributed by atoms with Crippen molar-refractivity contribution in [1.29, 1.82) is 0 Å². The van der Waals surface area contributed by atoms with Gasteiger partial charge in [0.1, 0.15) is 5.75 Å². The Morgan fingerprint density at radius 2 is 2.29 bits per heavy atom. The molecule has 108 valence electrons. The zero-order valence-corrected chi connectivity index (χ0v) is 13.1. The number of nitrogens with one attached hydrogen (secondary N) is 1. The number of hydrogen-bond acceptors (Lipinski definition) is 4. The van der Waals surface area contributed by atoms with Crippen LogP contribution in [0.1, 0.15) is 5.69 Å². The minimum absolute atomic E-state index is 0.153. The van der Waals surface area contributed by atoms with Crippen LogP contribution in [0.2, 0.25) is 5.02 Å². The molecule has 0 unspecified atom stereocenters. The van der Waals surface area contributed by atoms with E-state index in [2.05, 4.69) is 31.4 Å². The number of benzene rings is 1. The highest BCUT2D eigenvalue weighted by Crippen LogP contribution is 2.27. The average molecular weight is 369 g/mol. The summed E-state index contributed by atoms with van der Waals surface area (Å²) >= 11 is 9.12. The summed E-state index contributed by atoms with van der Waals surface area (Å²) in [5, 5.41) is 4.37. The summed E-state index contributed by atoms with van der Waals surface area (Å²) in [6.45, 7) is -0.153. The van der Waals surface area contributed by atoms with Gasteiger partial charge < -0.3 is 4.74 Å². The molecule has 1 amide bonds. The third-order valence-corrected chi connectivity index (χ3v) is 3.18. The van der Waals surface area contributed by atoms with Crippen LogP contribution in [0.25, 0.3) is 0 Å². The van der Waals surface area contributed by atoms with E-state index in [1.807, 2.05) is 6.07 Å². The molecule has 2 rings (SSSR count). The van der Waals surface area contributed by atoms with E-state index < -0.39 is 0 Å². The van der Waals surface area contributed by atoms with Crippen LogP contribution < -0.4 is 10.2 Å². The lowest BCUT2D eigenvalue weighted by atomic mass is 10.3. The van der Waals surface area contributed by atoms with Gasteiger partial charge in [0.05, 0.1) is 16.4 Å². The number of ether oxygens (including phenoxy) is 1. The van der Waals surface area contributed by atoms with E-state index >= 15 is 0 Å². The van der Waals surface area contributed by atoms with Gasteiger partial charge in [-0.2, -0.15) is 5.10 Å². The van der Waals surface area contributed by atoms with Crippen molar-refractivity contribution in [3.63, 3.8) is 0 Å². The zero-order chi connectivity index (χ0) is 15.1. The van der Waals surface area contributed by atoms with Crippen molar-refractivity contribution in [2.45, 2.75) is 0 Å². The molecule has 1 aromatic carbocycles. The van der Waals surface area contributed by atoms with Gasteiger partial charge in [0, 0.05) is 11.2 Å². The van der Waals surface area contributed by atoms with Crippen molar-refractivity contribution >= 4 is 39.7 Å². The highest BCUT2D eigenvalue weighted by atomic mass is 79.9. The Morgan fingerprint density at radius 3 is 3.00 bits per heavy atom. The quantitative estimate of drug-likeness (QED) is 0.652. The Balaban J connectivity index is 1.81. The molecule has 0 aliphatic heterocycles. The smallest absolute Gasteiger partial charge is 0.277 e. The lowest BCUT2D eigenvalue weighted by molar-refractivity contribution is -0.123. The second kappa shape index (κ2) is 7.75. The lowest BCUT2D eigenvalue weighted by Gasteiger charge is -2.07. The van der Waals surface area contributed by atoms with Crippen molar-refractivity contribution < 1.29 is 9.53 Å². The second-order valence-corrected chi connectivity index (χ2v) is 5.20. The molecule has 0 aliphatic carbocycles. The Labute approximate surface area is 135 Å². The molecule has 1 N–H and O–H groups in total. The molecule has 0 fully saturated rings. The number of aromatic nitrogens is 1. The maximum absolute atomic E-state index is 11.6. The first-order valence-electron chi connectivity index (χ1n) is 5.96. The molecule has 1 heterocycles. The lowest BCUT2D eigenvalue weighted by Crippen LogP contribution is -2.24. The number of carbonyl (C=O) groups excluding carboxylic acids is 1. The molecule has 0 spiro atoms. The van der Waals surface area contributed by atoms with Crippen LogP contribution in [0.3, 0.4) is 0 Å². The van der Waals surface area contributed by atoms with E-state index in [0.717, 1.165) is 0 Å². The van der Waals surface area contributed by atoms with Crippen LogP contribution in [0, 0.1) is 0 Å². The largest absolute Gasteiger partial charge is 0.483 e. The number of rotatable bonds is 5. The molecule has 1 aromatic heterocycles. The number of amides is 1. The van der Waals surface area contributed by atoms with Gasteiger partial charge in [0.15, 0.2) is 6.61 Å². The number of pyridine rings is 1. The van der Waals surface area contributed by atoms with Crippen molar-refractivity contribution in [3.8, 4) is 5.75 Å². The van der Waals surface area contributed by atoms with E-state index in [1.54, 1.807) is 36.5 Å². The van der Waals surface area contributed by atoms with Gasteiger partial charge in [0.2, 0.25) is 0 Å². The van der Waals surface area contributed by atoms with Crippen LogP contribution in [0.5, 0.6) is 5.75 Å². The Hall–Kier alpha value is -1.92. The second-order valence-electron chi connectivity index (χ2n) is 3.91. The number of carbonyl (C=O) groups is 1. The minimum atomic E-state index is -0.371. The summed E-state index contributed by atoms with van der Waals surface area (Å²) in [5.74, 6) is 0.160. The molecule has 0 saturated carbocycles. The number of halogens is 2. The summed E-state index contributed by atoms with van der Waals surface area (Å²) in [4.78, 5) is 15.6. The fourth-order valence-corrected chi connectivity index (χ4v) is 2.19. The van der Waals surface area contributed by atoms with E-state index in [0.29, 0.717) is 20.9 Å². The van der Waals surface area contributed by atoms with Gasteiger partial charge in [0.25, 0.3) is 5.91 Å². The van der Waals surface area contributed by atoms with E-state index in [4.69, 9.17) is 16.3 Å². The molecule has 0 aliphatic rings. The first-order chi connectivity index (χ1) is 10.1. The van der Waals surface area contributed by atoms with Gasteiger partial charge in [-0.25, -0.2) is 5.43 Å². The summed E-state index contributed by atoms with van der Waals surface area (Å²) in [6.07, 6.45) is 3.10. The molecular weight excluding hydrogens is 358 g/mol. The fourth-order valence-electron chi connectivity index (χ4n) is 1.39. The monoisotopic (exact) mass is 367 g/mol. The normalized spacial score (nSPS) is 10.6. The van der Waals surface area contributed by atoms with Gasteiger partial charge in [-0.3, -0.25) is 9.78 Å². The molecule has 0 radical (unpaired) electrons. The number of hydrazone groups is 1. The molecular formula is C14H11BrClN3O2. The van der Waals surface area contributed by atoms with Crippen LogP contribution >= 0.6 is 27.5 Å². The Morgan fingerprint density at radius 1 is 1.43 bits per heavy atom. The first-order valence-corrected chi connectivity index (χ1v) is 7.13. The topological polar surface area (TPSA) is 63.6 Å². The third-order valence-electron chi connectivity index (χ3n) is 2.33. The van der Waals surface area contributed by atoms with E-state index in [9.17, 15) is 4.79 Å². The maximum Gasteiger partial charge on any atom is 0.277 e. The zero-order valence-electron chi connectivity index (χ0n) is 10.8. The molecule has 5 nitrogen and oxygen atoms in total. The Bertz CT molecular complexity index is 650. The van der Waals surface area contributed by atoms with Gasteiger partial charge in [-0.1, -0.05) is 17.7 Å². The standard InChI is InChI=1S/C14H11BrClN3O2/c15-12-7-10(16)4-5-13(12)21-9-14(20)19-18-8-11-3-1-2-6-17-11/h1-8H,9H2,(H,19,20). The van der Waals surface area contributed by atoms with Crippen molar-refractivity contribution in [3.05, 3.63) is 57.8 Å². The molecule has 7 heteroatoms. The van der Waals surface area contributed by atoms with Crippen molar-refractivity contribution in [1.82, 2.24) is 10.4 Å². The minimum Gasteiger partial charge on any atom is -0.483 e. The van der Waals surface area contributed by atoms with Crippen molar-refractivity contribution in [2.24, 2.45) is 5.10 Å². The predicted molar refractivity (Wildman–Crippen MR) is 84.6 cm³/mol. The third kappa shape index (κ3) is 5.17. The van der Waals surface area contributed by atoms with Crippen LogP contribution in [0.4, 0.5) is 0 Å². The highest BCUT2D eigenvalue weighted by molar-refractivity contribution is 9.10. The van der Waals surface area contributed by atoms with E-state index in [-0.39, 0.29) is 12.5 Å². The average Bonchev–Trinajstić information content (AvgIpc) is 2.47. The van der Waals surface area contributed by atoms with E-state index in [1.165, 1.54) is 6.21 Å². The number of nitrogens with zero attached hydrogens (tertiary/aromatic N) is 2. The predicted octanol–water partition coefficient (Wildman–Crippen LogP) is 3.03. The fraction of sp³-hybridized carbons (Fsp3) is 0.0714. The SMILES string of the molecule is O=C(COc1ccc(Cl)cc1Br)NN=Cc1ccccn1. The summed E-state index contributed by atoms with van der Waals surface area (Å²) < 4.78 is 6.03. The molecule has 0 saturated heterocycles. The summed E-state index contributed by atoms with van der Waals surface area (Å²) in [7, 11) is 0. The molecule has 0 atom stereocenters. The van der Waals surface area contributed by atoms with Crippen LogP contribution in [0.15, 0.2) is 52.2 Å². The highest BCUT2D eigenvalue weighted by Gasteiger charge is 2.05. The molecule has 0 bridgehead atoms. The summed E-state index contributed by atoms with van der Waals surface area (Å²) in [6, 6.07) is 10.5. The number of hydrogen-bond donors (Lipinski definition) is 1. The van der Waals surface area contributed by atoms with Gasteiger partial charge >= 0.3 is 0 Å². The van der Waals surface area contributed by atoms with Crippen LogP contribution in [-0.2, 0) is 4.79 Å². The first kappa shape index (κ1) is 15.5. The Kier molecular flexibility index (Phi) is 5.71. The maximum atomic E-state index is 11.6. The van der Waals surface area contributed by atoms with Crippen LogP contribution in [-0.4, -0.2) is 23.7 Å². The van der Waals surface area contributed by atoms with Gasteiger partial charge in [-0.05, 0) is 46.3 Å². The van der Waals surface area contributed by atoms with Gasteiger partial charge in [-0.15, -0.1) is 0 Å². The molecule has 21 heavy (non-hydrogen) atoms. The molecule has 2 aromatic rings. The van der Waals surface area contributed by atoms with Crippen molar-refractivity contribution in [2.75, 3.05) is 6.61 Å².